The highest BCUT2D eigenvalue weighted by molar-refractivity contribution is 7.89. The van der Waals surface area contributed by atoms with Crippen molar-refractivity contribution in [3.05, 3.63) is 29.3 Å². The molecule has 24 heavy (non-hydrogen) atoms. The Morgan fingerprint density at radius 1 is 1.17 bits per heavy atom. The minimum Gasteiger partial charge on any atom is -0.339 e. The smallest absolute Gasteiger partial charge is 0.240 e. The van der Waals surface area contributed by atoms with Gasteiger partial charge in [0.15, 0.2) is 0 Å². The molecular formula is C17H23ClN2O3S. The van der Waals surface area contributed by atoms with Gasteiger partial charge < -0.3 is 4.90 Å². The summed E-state index contributed by atoms with van der Waals surface area (Å²) in [5, 5.41) is 0.486. The molecule has 3 rings (SSSR count). The monoisotopic (exact) mass is 370 g/mol. The number of rotatable bonds is 5. The molecule has 1 saturated heterocycles. The Hall–Kier alpha value is -1.11. The molecule has 0 spiro atoms. The van der Waals surface area contributed by atoms with Gasteiger partial charge in [-0.25, -0.2) is 13.1 Å². The van der Waals surface area contributed by atoms with E-state index in [0.29, 0.717) is 17.0 Å². The molecule has 132 valence electrons. The number of hydrogen-bond donors (Lipinski definition) is 1. The largest absolute Gasteiger partial charge is 0.339 e. The molecule has 1 aliphatic heterocycles. The summed E-state index contributed by atoms with van der Waals surface area (Å²) in [5.41, 5.74) is 0. The molecule has 2 fully saturated rings. The van der Waals surface area contributed by atoms with Crippen molar-refractivity contribution in [1.82, 2.24) is 9.62 Å². The van der Waals surface area contributed by atoms with E-state index in [1.807, 2.05) is 4.90 Å². The van der Waals surface area contributed by atoms with Crippen molar-refractivity contribution in [3.8, 4) is 0 Å². The van der Waals surface area contributed by atoms with Gasteiger partial charge in [0, 0.05) is 30.6 Å². The zero-order valence-electron chi connectivity index (χ0n) is 13.6. The molecule has 2 aliphatic rings. The van der Waals surface area contributed by atoms with E-state index in [-0.39, 0.29) is 23.8 Å². The molecule has 1 heterocycles. The van der Waals surface area contributed by atoms with Gasteiger partial charge in [0.25, 0.3) is 0 Å². The van der Waals surface area contributed by atoms with Crippen LogP contribution in [0.1, 0.15) is 38.5 Å². The lowest BCUT2D eigenvalue weighted by Crippen LogP contribution is -2.47. The van der Waals surface area contributed by atoms with E-state index in [1.54, 1.807) is 0 Å². The van der Waals surface area contributed by atoms with Crippen LogP contribution in [-0.2, 0) is 14.8 Å². The van der Waals surface area contributed by atoms with Crippen LogP contribution in [0.15, 0.2) is 29.2 Å². The standard InChI is InChI=1S/C17H23ClN2O3S/c18-14-6-8-15(9-7-14)24(22,23)19-11-10-17(21)20-12-2-4-13-3-1-5-16(13)20/h6-9,13,16,19H,1-5,10-12H2/t13-,16-/m0/s1. The van der Waals surface area contributed by atoms with Crippen molar-refractivity contribution in [2.75, 3.05) is 13.1 Å². The third kappa shape index (κ3) is 3.92. The van der Waals surface area contributed by atoms with Gasteiger partial charge in [-0.3, -0.25) is 4.79 Å². The quantitative estimate of drug-likeness (QED) is 0.866. The predicted octanol–water partition coefficient (Wildman–Crippen LogP) is 2.80. The molecule has 1 aromatic carbocycles. The molecule has 0 aromatic heterocycles. The summed E-state index contributed by atoms with van der Waals surface area (Å²) < 4.78 is 26.9. The van der Waals surface area contributed by atoms with Gasteiger partial charge in [-0.1, -0.05) is 18.0 Å². The third-order valence-electron chi connectivity index (χ3n) is 5.07. The molecule has 1 aliphatic carbocycles. The molecule has 5 nitrogen and oxygen atoms in total. The number of nitrogens with zero attached hydrogens (tertiary/aromatic N) is 1. The summed E-state index contributed by atoms with van der Waals surface area (Å²) in [7, 11) is -3.60. The summed E-state index contributed by atoms with van der Waals surface area (Å²) >= 11 is 5.77. The first-order valence-corrected chi connectivity index (χ1v) is 10.4. The Labute approximate surface area is 148 Å². The topological polar surface area (TPSA) is 66.5 Å². The highest BCUT2D eigenvalue weighted by Crippen LogP contribution is 2.36. The van der Waals surface area contributed by atoms with Gasteiger partial charge in [0.1, 0.15) is 0 Å². The molecule has 7 heteroatoms. The molecule has 0 radical (unpaired) electrons. The van der Waals surface area contributed by atoms with Crippen molar-refractivity contribution in [2.24, 2.45) is 5.92 Å². The first-order valence-electron chi connectivity index (χ1n) is 8.52. The first kappa shape index (κ1) is 17.7. The zero-order chi connectivity index (χ0) is 17.2. The van der Waals surface area contributed by atoms with E-state index >= 15 is 0 Å². The van der Waals surface area contributed by atoms with E-state index in [2.05, 4.69) is 4.72 Å². The Morgan fingerprint density at radius 2 is 1.88 bits per heavy atom. The second-order valence-corrected chi connectivity index (χ2v) is 8.79. The van der Waals surface area contributed by atoms with Crippen LogP contribution >= 0.6 is 11.6 Å². The van der Waals surface area contributed by atoms with Crippen molar-refractivity contribution >= 4 is 27.5 Å². The number of carbonyl (C=O) groups excluding carboxylic acids is 1. The van der Waals surface area contributed by atoms with E-state index < -0.39 is 10.0 Å². The molecular weight excluding hydrogens is 348 g/mol. The minimum atomic E-state index is -3.60. The predicted molar refractivity (Wildman–Crippen MR) is 93.3 cm³/mol. The summed E-state index contributed by atoms with van der Waals surface area (Å²) in [6.45, 7) is 0.932. The Morgan fingerprint density at radius 3 is 2.62 bits per heavy atom. The van der Waals surface area contributed by atoms with Crippen LogP contribution in [0.2, 0.25) is 5.02 Å². The lowest BCUT2D eigenvalue weighted by Gasteiger charge is -2.38. The van der Waals surface area contributed by atoms with Crippen LogP contribution in [0.5, 0.6) is 0 Å². The second-order valence-electron chi connectivity index (χ2n) is 6.59. The number of halogens is 1. The van der Waals surface area contributed by atoms with E-state index in [9.17, 15) is 13.2 Å². The van der Waals surface area contributed by atoms with Crippen LogP contribution < -0.4 is 4.72 Å². The van der Waals surface area contributed by atoms with Crippen LogP contribution in [0, 0.1) is 5.92 Å². The SMILES string of the molecule is O=C(CCNS(=O)(=O)c1ccc(Cl)cc1)N1CCC[C@@H]2CCC[C@@H]21. The number of sulfonamides is 1. The molecule has 1 aromatic rings. The minimum absolute atomic E-state index is 0.0606. The van der Waals surface area contributed by atoms with Crippen LogP contribution in [-0.4, -0.2) is 38.4 Å². The van der Waals surface area contributed by atoms with Gasteiger partial charge in [-0.15, -0.1) is 0 Å². The van der Waals surface area contributed by atoms with Gasteiger partial charge in [-0.05, 0) is 55.9 Å². The van der Waals surface area contributed by atoms with Crippen molar-refractivity contribution < 1.29 is 13.2 Å². The molecule has 1 saturated carbocycles. The maximum atomic E-state index is 12.5. The maximum absolute atomic E-state index is 12.5. The first-order chi connectivity index (χ1) is 11.5. The number of fused-ring (bicyclic) bond motifs is 1. The van der Waals surface area contributed by atoms with Crippen LogP contribution in [0.4, 0.5) is 0 Å². The van der Waals surface area contributed by atoms with Gasteiger partial charge in [0.05, 0.1) is 4.90 Å². The average Bonchev–Trinajstić information content (AvgIpc) is 3.03. The summed E-state index contributed by atoms with van der Waals surface area (Å²) in [4.78, 5) is 14.6. The Balaban J connectivity index is 1.54. The summed E-state index contributed by atoms with van der Waals surface area (Å²) in [5.74, 6) is 0.707. The second kappa shape index (κ2) is 7.42. The maximum Gasteiger partial charge on any atom is 0.240 e. The molecule has 0 bridgehead atoms. The zero-order valence-corrected chi connectivity index (χ0v) is 15.2. The number of amides is 1. The molecule has 1 N–H and O–H groups in total. The van der Waals surface area contributed by atoms with Crippen LogP contribution in [0.25, 0.3) is 0 Å². The lowest BCUT2D eigenvalue weighted by atomic mass is 9.92. The van der Waals surface area contributed by atoms with E-state index in [0.717, 1.165) is 19.4 Å². The molecule has 1 amide bonds. The fourth-order valence-corrected chi connectivity index (χ4v) is 5.05. The number of likely N-dealkylation sites (tertiary alicyclic amines) is 1. The number of benzene rings is 1. The highest BCUT2D eigenvalue weighted by Gasteiger charge is 2.36. The fourth-order valence-electron chi connectivity index (χ4n) is 3.90. The van der Waals surface area contributed by atoms with Crippen molar-refractivity contribution in [3.63, 3.8) is 0 Å². The third-order valence-corrected chi connectivity index (χ3v) is 6.80. The Bertz CT molecular complexity index is 690. The summed E-state index contributed by atoms with van der Waals surface area (Å²) in [6, 6.07) is 6.37. The van der Waals surface area contributed by atoms with E-state index in [4.69, 9.17) is 11.6 Å². The van der Waals surface area contributed by atoms with Crippen molar-refractivity contribution in [1.29, 1.82) is 0 Å². The molecule has 2 atom stereocenters. The Kier molecular flexibility index (Phi) is 5.47. The van der Waals surface area contributed by atoms with E-state index in [1.165, 1.54) is 43.5 Å². The van der Waals surface area contributed by atoms with Gasteiger partial charge in [0.2, 0.25) is 15.9 Å². The number of hydrogen-bond acceptors (Lipinski definition) is 3. The van der Waals surface area contributed by atoms with Crippen LogP contribution in [0.3, 0.4) is 0 Å². The lowest BCUT2D eigenvalue weighted by molar-refractivity contribution is -0.135. The normalized spacial score (nSPS) is 24.0. The number of piperidine rings is 1. The number of carbonyl (C=O) groups is 1. The number of nitrogens with one attached hydrogen (secondary N) is 1. The highest BCUT2D eigenvalue weighted by atomic mass is 35.5. The summed E-state index contributed by atoms with van der Waals surface area (Å²) in [6.07, 6.45) is 5.99. The van der Waals surface area contributed by atoms with Crippen molar-refractivity contribution in [2.45, 2.75) is 49.5 Å². The van der Waals surface area contributed by atoms with Gasteiger partial charge >= 0.3 is 0 Å². The van der Waals surface area contributed by atoms with Gasteiger partial charge in [-0.2, -0.15) is 0 Å². The average molecular weight is 371 g/mol. The molecule has 0 unspecified atom stereocenters. The fraction of sp³-hybridized carbons (Fsp3) is 0.588.